The van der Waals surface area contributed by atoms with Crippen molar-refractivity contribution in [1.29, 1.82) is 0 Å². The topological polar surface area (TPSA) is 58.6 Å². The molecule has 0 atom stereocenters. The van der Waals surface area contributed by atoms with Crippen LogP contribution in [0.3, 0.4) is 0 Å². The van der Waals surface area contributed by atoms with Gasteiger partial charge in [-0.15, -0.1) is 0 Å². The number of benzene rings is 2. The highest BCUT2D eigenvalue weighted by atomic mass is 79.9. The average molecular weight is 449 g/mol. The summed E-state index contributed by atoms with van der Waals surface area (Å²) >= 11 is 9.76. The summed E-state index contributed by atoms with van der Waals surface area (Å²) in [4.78, 5) is 25.3. The molecule has 0 aromatic heterocycles. The van der Waals surface area contributed by atoms with Gasteiger partial charge in [0.25, 0.3) is 11.8 Å². The van der Waals surface area contributed by atoms with E-state index in [9.17, 15) is 9.59 Å². The maximum absolute atomic E-state index is 12.7. The molecule has 2 amide bonds. The predicted molar refractivity (Wildman–Crippen MR) is 110 cm³/mol. The Hall–Kier alpha value is -2.16. The first kappa shape index (κ1) is 18.6. The van der Waals surface area contributed by atoms with Gasteiger partial charge in [0.2, 0.25) is 0 Å². The van der Waals surface area contributed by atoms with E-state index in [1.54, 1.807) is 43.5 Å². The lowest BCUT2D eigenvalue weighted by Gasteiger charge is -2.15. The molecule has 0 bridgehead atoms. The minimum absolute atomic E-state index is 0.263. The molecule has 1 aliphatic heterocycles. The molecule has 2 aromatic carbocycles. The zero-order valence-corrected chi connectivity index (χ0v) is 16.8. The van der Waals surface area contributed by atoms with Crippen LogP contribution in [-0.4, -0.2) is 28.3 Å². The van der Waals surface area contributed by atoms with Crippen LogP contribution in [0.5, 0.6) is 5.75 Å². The Morgan fingerprint density at radius 3 is 2.69 bits per heavy atom. The maximum atomic E-state index is 12.7. The van der Waals surface area contributed by atoms with Crippen molar-refractivity contribution >= 4 is 62.1 Å². The second kappa shape index (κ2) is 8.03. The smallest absolute Gasteiger partial charge is 0.285 e. The first-order valence-corrected chi connectivity index (χ1v) is 9.49. The van der Waals surface area contributed by atoms with Crippen molar-refractivity contribution in [3.8, 4) is 5.75 Å². The maximum Gasteiger partial charge on any atom is 0.285 e. The highest BCUT2D eigenvalue weighted by Crippen LogP contribution is 2.34. The summed E-state index contributed by atoms with van der Waals surface area (Å²) in [6.45, 7) is 0. The number of hydrogen-bond donors (Lipinski definition) is 1. The SMILES string of the molecule is COc1ccc(Br)cc1/C=C1/SC(=S)N(NC(=O)c2ccccc2)C1=O. The summed E-state index contributed by atoms with van der Waals surface area (Å²) in [6, 6.07) is 14.1. The van der Waals surface area contributed by atoms with Crippen LogP contribution in [0, 0.1) is 0 Å². The summed E-state index contributed by atoms with van der Waals surface area (Å²) in [5.74, 6) is -0.152. The number of thiocarbonyl (C=S) groups is 1. The summed E-state index contributed by atoms with van der Waals surface area (Å²) < 4.78 is 6.44. The Labute approximate surface area is 168 Å². The second-order valence-corrected chi connectivity index (χ2v) is 7.80. The number of methoxy groups -OCH3 is 1. The van der Waals surface area contributed by atoms with E-state index in [1.807, 2.05) is 18.2 Å². The van der Waals surface area contributed by atoms with Crippen LogP contribution in [0.1, 0.15) is 15.9 Å². The molecule has 1 heterocycles. The summed E-state index contributed by atoms with van der Waals surface area (Å²) in [5.41, 5.74) is 3.73. The molecule has 1 N–H and O–H groups in total. The number of nitrogens with zero attached hydrogens (tertiary/aromatic N) is 1. The van der Waals surface area contributed by atoms with Crippen LogP contribution in [0.25, 0.3) is 6.08 Å². The number of nitrogens with one attached hydrogen (secondary N) is 1. The fourth-order valence-corrected chi connectivity index (χ4v) is 3.83. The Morgan fingerprint density at radius 1 is 1.27 bits per heavy atom. The van der Waals surface area contributed by atoms with Crippen molar-refractivity contribution in [2.45, 2.75) is 0 Å². The third-order valence-electron chi connectivity index (χ3n) is 3.52. The van der Waals surface area contributed by atoms with Crippen LogP contribution in [0.15, 0.2) is 57.9 Å². The minimum Gasteiger partial charge on any atom is -0.496 e. The van der Waals surface area contributed by atoms with Crippen molar-refractivity contribution in [2.75, 3.05) is 7.11 Å². The van der Waals surface area contributed by atoms with E-state index in [0.717, 1.165) is 26.8 Å². The number of rotatable bonds is 4. The molecule has 26 heavy (non-hydrogen) atoms. The molecule has 8 heteroatoms. The molecule has 0 spiro atoms. The van der Waals surface area contributed by atoms with Gasteiger partial charge in [-0.25, -0.2) is 0 Å². The molecule has 0 aliphatic carbocycles. The van der Waals surface area contributed by atoms with Crippen molar-refractivity contribution in [2.24, 2.45) is 0 Å². The van der Waals surface area contributed by atoms with Gasteiger partial charge in [0.05, 0.1) is 12.0 Å². The predicted octanol–water partition coefficient (Wildman–Crippen LogP) is 4.00. The number of amides is 2. The Morgan fingerprint density at radius 2 is 2.00 bits per heavy atom. The van der Waals surface area contributed by atoms with E-state index >= 15 is 0 Å². The second-order valence-electron chi connectivity index (χ2n) is 5.21. The summed E-state index contributed by atoms with van der Waals surface area (Å²) in [6.07, 6.45) is 1.69. The van der Waals surface area contributed by atoms with Crippen molar-refractivity contribution in [3.63, 3.8) is 0 Å². The minimum atomic E-state index is -0.400. The molecule has 2 aromatic rings. The van der Waals surface area contributed by atoms with Crippen molar-refractivity contribution in [1.82, 2.24) is 10.4 Å². The van der Waals surface area contributed by atoms with Gasteiger partial charge in [0.15, 0.2) is 4.32 Å². The quantitative estimate of drug-likeness (QED) is 0.565. The standard InChI is InChI=1S/C18H13BrN2O3S2/c1-24-14-8-7-13(19)9-12(14)10-15-17(23)21(18(25)26-15)20-16(22)11-5-3-2-4-6-11/h2-10H,1H3,(H,20,22)/b15-10+. The fourth-order valence-electron chi connectivity index (χ4n) is 2.28. The van der Waals surface area contributed by atoms with Crippen LogP contribution in [0.4, 0.5) is 0 Å². The molecule has 0 unspecified atom stereocenters. The van der Waals surface area contributed by atoms with Gasteiger partial charge < -0.3 is 4.74 Å². The number of hydrogen-bond acceptors (Lipinski definition) is 5. The van der Waals surface area contributed by atoms with E-state index in [2.05, 4.69) is 21.4 Å². The van der Waals surface area contributed by atoms with E-state index in [1.165, 1.54) is 0 Å². The first-order chi connectivity index (χ1) is 12.5. The Bertz CT molecular complexity index is 916. The van der Waals surface area contributed by atoms with Crippen LogP contribution < -0.4 is 10.2 Å². The van der Waals surface area contributed by atoms with E-state index < -0.39 is 5.91 Å². The Kier molecular flexibility index (Phi) is 5.75. The normalized spacial score (nSPS) is 15.5. The molecule has 0 saturated carbocycles. The molecule has 132 valence electrons. The first-order valence-electron chi connectivity index (χ1n) is 7.47. The molecular formula is C18H13BrN2O3S2. The molecule has 5 nitrogen and oxygen atoms in total. The van der Waals surface area contributed by atoms with Gasteiger partial charge in [-0.3, -0.25) is 15.0 Å². The Balaban J connectivity index is 1.83. The van der Waals surface area contributed by atoms with Gasteiger partial charge in [0, 0.05) is 15.6 Å². The zero-order valence-electron chi connectivity index (χ0n) is 13.6. The lowest BCUT2D eigenvalue weighted by atomic mass is 10.2. The van der Waals surface area contributed by atoms with Crippen molar-refractivity contribution in [3.05, 3.63) is 69.0 Å². The number of thioether (sulfide) groups is 1. The molecule has 1 fully saturated rings. The molecular weight excluding hydrogens is 436 g/mol. The highest BCUT2D eigenvalue weighted by molar-refractivity contribution is 9.10. The molecule has 1 saturated heterocycles. The van der Waals surface area contributed by atoms with Gasteiger partial charge in [-0.05, 0) is 48.6 Å². The monoisotopic (exact) mass is 448 g/mol. The van der Waals surface area contributed by atoms with Gasteiger partial charge in [-0.1, -0.05) is 45.9 Å². The molecule has 1 aliphatic rings. The van der Waals surface area contributed by atoms with E-state index in [4.69, 9.17) is 17.0 Å². The summed E-state index contributed by atoms with van der Waals surface area (Å²) in [5, 5.41) is 1.09. The van der Waals surface area contributed by atoms with Crippen LogP contribution in [0.2, 0.25) is 0 Å². The van der Waals surface area contributed by atoms with Crippen LogP contribution >= 0.6 is 39.9 Å². The van der Waals surface area contributed by atoms with E-state index in [-0.39, 0.29) is 10.2 Å². The zero-order chi connectivity index (χ0) is 18.7. The molecule has 3 rings (SSSR count). The lowest BCUT2D eigenvalue weighted by Crippen LogP contribution is -2.44. The van der Waals surface area contributed by atoms with Crippen LogP contribution in [-0.2, 0) is 4.79 Å². The number of halogens is 1. The number of ether oxygens (including phenoxy) is 1. The number of carbonyl (C=O) groups excluding carboxylic acids is 2. The summed E-state index contributed by atoms with van der Waals surface area (Å²) in [7, 11) is 1.56. The highest BCUT2D eigenvalue weighted by Gasteiger charge is 2.34. The van der Waals surface area contributed by atoms with Gasteiger partial charge >= 0.3 is 0 Å². The number of hydrazine groups is 1. The molecule has 0 radical (unpaired) electrons. The van der Waals surface area contributed by atoms with Gasteiger partial charge in [0.1, 0.15) is 5.75 Å². The number of carbonyl (C=O) groups is 2. The van der Waals surface area contributed by atoms with Crippen molar-refractivity contribution < 1.29 is 14.3 Å². The largest absolute Gasteiger partial charge is 0.496 e. The third-order valence-corrected chi connectivity index (χ3v) is 5.32. The third kappa shape index (κ3) is 3.98. The van der Waals surface area contributed by atoms with Gasteiger partial charge in [-0.2, -0.15) is 5.01 Å². The van der Waals surface area contributed by atoms with E-state index in [0.29, 0.717) is 16.2 Å². The fraction of sp³-hybridized carbons (Fsp3) is 0.0556. The lowest BCUT2D eigenvalue weighted by molar-refractivity contribution is -0.123. The average Bonchev–Trinajstić information content (AvgIpc) is 2.90.